The lowest BCUT2D eigenvalue weighted by atomic mass is 10.1. The van der Waals surface area contributed by atoms with Crippen LogP contribution in [0.15, 0.2) is 54.2 Å². The number of hydrogen-bond donors (Lipinski definition) is 2. The lowest BCUT2D eigenvalue weighted by Gasteiger charge is -2.09. The number of rotatable bonds is 6. The van der Waals surface area contributed by atoms with Crippen molar-refractivity contribution in [3.8, 4) is 11.8 Å². The summed E-state index contributed by atoms with van der Waals surface area (Å²) in [7, 11) is 1.61. The second-order valence-electron chi connectivity index (χ2n) is 5.67. The first-order chi connectivity index (χ1) is 12.0. The summed E-state index contributed by atoms with van der Waals surface area (Å²) in [5.41, 5.74) is 3.77. The Morgan fingerprint density at radius 3 is 2.72 bits per heavy atom. The second kappa shape index (κ2) is 8.55. The molecule has 0 bridgehead atoms. The number of benzene rings is 2. The Morgan fingerprint density at radius 1 is 1.24 bits per heavy atom. The van der Waals surface area contributed by atoms with E-state index >= 15 is 0 Å². The lowest BCUT2D eigenvalue weighted by molar-refractivity contribution is -0.112. The van der Waals surface area contributed by atoms with Crippen LogP contribution in [0, 0.1) is 25.2 Å². The minimum atomic E-state index is -0.437. The van der Waals surface area contributed by atoms with Crippen molar-refractivity contribution in [3.05, 3.63) is 70.9 Å². The maximum atomic E-state index is 12.3. The number of nitrogens with zero attached hydrogens (tertiary/aromatic N) is 1. The molecule has 0 unspecified atom stereocenters. The molecule has 1 amide bonds. The van der Waals surface area contributed by atoms with Crippen LogP contribution in [0.2, 0.25) is 0 Å². The Morgan fingerprint density at radius 2 is 2.04 bits per heavy atom. The summed E-state index contributed by atoms with van der Waals surface area (Å²) in [5, 5.41) is 15.0. The topological polar surface area (TPSA) is 74.1 Å². The molecule has 5 heteroatoms. The third-order valence-corrected chi connectivity index (χ3v) is 3.68. The molecule has 0 aliphatic heterocycles. The van der Waals surface area contributed by atoms with Gasteiger partial charge >= 0.3 is 0 Å². The Kier molecular flexibility index (Phi) is 6.19. The maximum Gasteiger partial charge on any atom is 0.267 e. The van der Waals surface area contributed by atoms with Crippen molar-refractivity contribution in [2.24, 2.45) is 0 Å². The van der Waals surface area contributed by atoms with Crippen molar-refractivity contribution in [2.75, 3.05) is 12.4 Å². The summed E-state index contributed by atoms with van der Waals surface area (Å²) in [5.74, 6) is 0.323. The van der Waals surface area contributed by atoms with E-state index in [0.717, 1.165) is 22.4 Å². The van der Waals surface area contributed by atoms with Crippen molar-refractivity contribution < 1.29 is 9.53 Å². The van der Waals surface area contributed by atoms with E-state index < -0.39 is 5.91 Å². The van der Waals surface area contributed by atoms with Crippen LogP contribution in [0.4, 0.5) is 5.69 Å². The minimum Gasteiger partial charge on any atom is -0.497 e. The van der Waals surface area contributed by atoms with Gasteiger partial charge in [-0.2, -0.15) is 5.26 Å². The molecule has 2 N–H and O–H groups in total. The third kappa shape index (κ3) is 5.11. The van der Waals surface area contributed by atoms with E-state index in [4.69, 9.17) is 4.74 Å². The van der Waals surface area contributed by atoms with Gasteiger partial charge in [-0.25, -0.2) is 0 Å². The number of methoxy groups -OCH3 is 1. The Balaban J connectivity index is 2.01. The number of anilines is 1. The van der Waals surface area contributed by atoms with Crippen molar-refractivity contribution in [1.82, 2.24) is 5.32 Å². The molecule has 0 aliphatic carbocycles. The number of nitrogens with one attached hydrogen (secondary N) is 2. The second-order valence-corrected chi connectivity index (χ2v) is 5.67. The average molecular weight is 335 g/mol. The molecule has 0 aliphatic rings. The summed E-state index contributed by atoms with van der Waals surface area (Å²) in [6.07, 6.45) is 1.43. The highest BCUT2D eigenvalue weighted by atomic mass is 16.5. The van der Waals surface area contributed by atoms with Gasteiger partial charge in [0.25, 0.3) is 5.91 Å². The van der Waals surface area contributed by atoms with Crippen LogP contribution in [-0.4, -0.2) is 13.0 Å². The fourth-order valence-electron chi connectivity index (χ4n) is 2.35. The third-order valence-electron chi connectivity index (χ3n) is 3.68. The van der Waals surface area contributed by atoms with E-state index in [1.54, 1.807) is 7.11 Å². The smallest absolute Gasteiger partial charge is 0.267 e. The van der Waals surface area contributed by atoms with Crippen molar-refractivity contribution >= 4 is 11.6 Å². The lowest BCUT2D eigenvalue weighted by Crippen LogP contribution is -2.17. The van der Waals surface area contributed by atoms with E-state index in [1.807, 2.05) is 62.4 Å². The molecule has 0 fully saturated rings. The van der Waals surface area contributed by atoms with Crippen molar-refractivity contribution in [3.63, 3.8) is 0 Å². The van der Waals surface area contributed by atoms with Gasteiger partial charge in [0.15, 0.2) is 0 Å². The summed E-state index contributed by atoms with van der Waals surface area (Å²) in [6.45, 7) is 4.39. The van der Waals surface area contributed by atoms with Crippen LogP contribution in [0.25, 0.3) is 0 Å². The van der Waals surface area contributed by atoms with Gasteiger partial charge in [0.1, 0.15) is 17.4 Å². The number of hydrogen-bond acceptors (Lipinski definition) is 4. The monoisotopic (exact) mass is 335 g/mol. The number of amides is 1. The van der Waals surface area contributed by atoms with Gasteiger partial charge in [-0.3, -0.25) is 4.79 Å². The quantitative estimate of drug-likeness (QED) is 0.626. The van der Waals surface area contributed by atoms with Crippen LogP contribution in [0.5, 0.6) is 5.75 Å². The first kappa shape index (κ1) is 18.1. The van der Waals surface area contributed by atoms with Crippen LogP contribution in [0.1, 0.15) is 16.7 Å². The summed E-state index contributed by atoms with van der Waals surface area (Å²) < 4.78 is 5.17. The summed E-state index contributed by atoms with van der Waals surface area (Å²) >= 11 is 0. The number of nitriles is 1. The molecular formula is C20H21N3O2. The van der Waals surface area contributed by atoms with Gasteiger partial charge in [0.2, 0.25) is 0 Å². The molecule has 0 radical (unpaired) electrons. The molecule has 0 spiro atoms. The molecule has 128 valence electrons. The standard InChI is InChI=1S/C20H21N3O2/c1-14-7-8-19(15(2)9-14)23-20(24)17(11-21)13-22-12-16-5-4-6-18(10-16)25-3/h4-10,13,22H,12H2,1-3H3,(H,23,24)/b17-13-. The highest BCUT2D eigenvalue weighted by molar-refractivity contribution is 6.06. The predicted octanol–water partition coefficient (Wildman–Crippen LogP) is 3.45. The molecule has 5 nitrogen and oxygen atoms in total. The van der Waals surface area contributed by atoms with E-state index in [1.165, 1.54) is 6.20 Å². The van der Waals surface area contributed by atoms with Crippen molar-refractivity contribution in [1.29, 1.82) is 5.26 Å². The number of aryl methyl sites for hydroxylation is 2. The molecule has 2 aromatic carbocycles. The number of ether oxygens (including phenoxy) is 1. The van der Waals surface area contributed by atoms with E-state index in [9.17, 15) is 10.1 Å². The maximum absolute atomic E-state index is 12.3. The van der Waals surface area contributed by atoms with E-state index in [2.05, 4.69) is 10.6 Å². The van der Waals surface area contributed by atoms with Crippen LogP contribution >= 0.6 is 0 Å². The van der Waals surface area contributed by atoms with Gasteiger partial charge in [-0.15, -0.1) is 0 Å². The van der Waals surface area contributed by atoms with E-state index in [0.29, 0.717) is 12.2 Å². The molecule has 0 atom stereocenters. The molecule has 0 saturated carbocycles. The molecule has 0 saturated heterocycles. The first-order valence-corrected chi connectivity index (χ1v) is 7.88. The number of carbonyl (C=O) groups excluding carboxylic acids is 1. The zero-order valence-electron chi connectivity index (χ0n) is 14.6. The molecular weight excluding hydrogens is 314 g/mol. The Hall–Kier alpha value is -3.26. The van der Waals surface area contributed by atoms with Crippen LogP contribution in [-0.2, 0) is 11.3 Å². The minimum absolute atomic E-state index is 0.0165. The summed E-state index contributed by atoms with van der Waals surface area (Å²) in [6, 6.07) is 15.2. The fourth-order valence-corrected chi connectivity index (χ4v) is 2.35. The first-order valence-electron chi connectivity index (χ1n) is 7.88. The predicted molar refractivity (Wildman–Crippen MR) is 98.1 cm³/mol. The normalized spacial score (nSPS) is 10.7. The molecule has 0 heterocycles. The molecule has 2 aromatic rings. The largest absolute Gasteiger partial charge is 0.497 e. The van der Waals surface area contributed by atoms with Gasteiger partial charge in [-0.1, -0.05) is 29.8 Å². The average Bonchev–Trinajstić information content (AvgIpc) is 2.61. The van der Waals surface area contributed by atoms with E-state index in [-0.39, 0.29) is 5.57 Å². The highest BCUT2D eigenvalue weighted by Crippen LogP contribution is 2.17. The van der Waals surface area contributed by atoms with Gasteiger partial charge in [0.05, 0.1) is 7.11 Å². The fraction of sp³-hybridized carbons (Fsp3) is 0.200. The van der Waals surface area contributed by atoms with Gasteiger partial charge in [0, 0.05) is 18.4 Å². The molecule has 25 heavy (non-hydrogen) atoms. The number of carbonyl (C=O) groups is 1. The SMILES string of the molecule is COc1cccc(CN/C=C(/C#N)C(=O)Nc2ccc(C)cc2C)c1. The Labute approximate surface area is 147 Å². The van der Waals surface area contributed by atoms with Crippen LogP contribution < -0.4 is 15.4 Å². The zero-order chi connectivity index (χ0) is 18.2. The van der Waals surface area contributed by atoms with Gasteiger partial charge < -0.3 is 15.4 Å². The molecule has 2 rings (SSSR count). The summed E-state index contributed by atoms with van der Waals surface area (Å²) in [4.78, 5) is 12.3. The highest BCUT2D eigenvalue weighted by Gasteiger charge is 2.10. The zero-order valence-corrected chi connectivity index (χ0v) is 14.6. The van der Waals surface area contributed by atoms with Crippen LogP contribution in [0.3, 0.4) is 0 Å². The molecule has 0 aromatic heterocycles. The van der Waals surface area contributed by atoms with Gasteiger partial charge in [-0.05, 0) is 43.2 Å². The Bertz CT molecular complexity index is 835. The van der Waals surface area contributed by atoms with Crippen molar-refractivity contribution in [2.45, 2.75) is 20.4 Å².